The van der Waals surface area contributed by atoms with Gasteiger partial charge in [-0.05, 0) is 38.5 Å². The van der Waals surface area contributed by atoms with Crippen molar-refractivity contribution in [2.24, 2.45) is 0 Å². The predicted octanol–water partition coefficient (Wildman–Crippen LogP) is 3.51. The highest BCUT2D eigenvalue weighted by molar-refractivity contribution is 7.15. The summed E-state index contributed by atoms with van der Waals surface area (Å²) < 4.78 is 0. The molecule has 2 aliphatic rings. The summed E-state index contributed by atoms with van der Waals surface area (Å²) in [6.45, 7) is 9.03. The molecule has 0 aromatic carbocycles. The number of hydrogen-bond donors (Lipinski definition) is 1. The first-order valence-corrected chi connectivity index (χ1v) is 8.46. The Bertz CT molecular complexity index is 437. The lowest BCUT2D eigenvalue weighted by atomic mass is 10.1. The van der Waals surface area contributed by atoms with Gasteiger partial charge >= 0.3 is 0 Å². The second-order valence-electron chi connectivity index (χ2n) is 6.30. The van der Waals surface area contributed by atoms with Gasteiger partial charge in [-0.1, -0.05) is 13.8 Å². The molecule has 1 atom stereocenters. The first-order chi connectivity index (χ1) is 9.15. The minimum atomic E-state index is 0.527. The van der Waals surface area contributed by atoms with Gasteiger partial charge in [0.2, 0.25) is 0 Å². The summed E-state index contributed by atoms with van der Waals surface area (Å²) in [5.74, 6) is 0.527. The fraction of sp³-hybridized carbons (Fsp3) is 0.800. The van der Waals surface area contributed by atoms with Crippen molar-refractivity contribution in [1.29, 1.82) is 0 Å². The van der Waals surface area contributed by atoms with Gasteiger partial charge in [-0.15, -0.1) is 11.3 Å². The van der Waals surface area contributed by atoms with Crippen LogP contribution >= 0.6 is 11.3 Å². The van der Waals surface area contributed by atoms with Crippen molar-refractivity contribution < 1.29 is 0 Å². The average Bonchev–Trinajstić information content (AvgIpc) is 2.94. The van der Waals surface area contributed by atoms with Gasteiger partial charge in [0.25, 0.3) is 0 Å². The third-order valence-corrected chi connectivity index (χ3v) is 5.30. The number of hydrogen-bond acceptors (Lipinski definition) is 4. The maximum atomic E-state index is 4.94. The van der Waals surface area contributed by atoms with Crippen molar-refractivity contribution in [3.05, 3.63) is 10.6 Å². The maximum Gasteiger partial charge on any atom is 0.186 e. The first-order valence-electron chi connectivity index (χ1n) is 7.64. The van der Waals surface area contributed by atoms with Gasteiger partial charge < -0.3 is 10.2 Å². The Hall–Kier alpha value is -0.610. The van der Waals surface area contributed by atoms with E-state index in [9.17, 15) is 0 Å². The van der Waals surface area contributed by atoms with Gasteiger partial charge in [-0.2, -0.15) is 0 Å². The molecule has 1 saturated heterocycles. The standard InChI is InChI=1S/C15H25N3S/c1-10(2)14-13(9-16-12-6-7-12)19-15(17-14)18-8-4-5-11(18)3/h10-12,16H,4-9H2,1-3H3. The molecule has 1 aliphatic heterocycles. The monoisotopic (exact) mass is 279 g/mol. The van der Waals surface area contributed by atoms with E-state index in [0.717, 1.165) is 12.6 Å². The van der Waals surface area contributed by atoms with E-state index in [4.69, 9.17) is 4.98 Å². The number of nitrogens with one attached hydrogen (secondary N) is 1. The highest BCUT2D eigenvalue weighted by atomic mass is 32.1. The average molecular weight is 279 g/mol. The Balaban J connectivity index is 1.78. The van der Waals surface area contributed by atoms with Crippen LogP contribution in [-0.4, -0.2) is 23.6 Å². The molecule has 0 radical (unpaired) electrons. The summed E-state index contributed by atoms with van der Waals surface area (Å²) in [4.78, 5) is 8.90. The Morgan fingerprint density at radius 2 is 2.16 bits per heavy atom. The molecule has 4 heteroatoms. The van der Waals surface area contributed by atoms with Crippen LogP contribution in [0.2, 0.25) is 0 Å². The summed E-state index contributed by atoms with van der Waals surface area (Å²) in [5.41, 5.74) is 1.31. The molecule has 0 bridgehead atoms. The van der Waals surface area contributed by atoms with Crippen molar-refractivity contribution in [3.8, 4) is 0 Å². The van der Waals surface area contributed by atoms with Crippen molar-refractivity contribution >= 4 is 16.5 Å². The van der Waals surface area contributed by atoms with Gasteiger partial charge in [-0.25, -0.2) is 4.98 Å². The van der Waals surface area contributed by atoms with Crippen LogP contribution in [0.1, 0.15) is 62.9 Å². The Kier molecular flexibility index (Phi) is 3.81. The molecule has 0 spiro atoms. The number of aromatic nitrogens is 1. The fourth-order valence-electron chi connectivity index (χ4n) is 2.79. The Labute approximate surface area is 120 Å². The van der Waals surface area contributed by atoms with E-state index in [1.54, 1.807) is 0 Å². The zero-order valence-electron chi connectivity index (χ0n) is 12.3. The van der Waals surface area contributed by atoms with Crippen molar-refractivity contribution in [3.63, 3.8) is 0 Å². The van der Waals surface area contributed by atoms with E-state index in [1.165, 1.54) is 47.9 Å². The third-order valence-electron chi connectivity index (χ3n) is 4.19. The SMILES string of the molecule is CC(C)c1nc(N2CCCC2C)sc1CNC1CC1. The molecule has 1 N–H and O–H groups in total. The van der Waals surface area contributed by atoms with Crippen LogP contribution in [0.3, 0.4) is 0 Å². The molecule has 106 valence electrons. The summed E-state index contributed by atoms with van der Waals surface area (Å²) in [7, 11) is 0. The van der Waals surface area contributed by atoms with Gasteiger partial charge in [0.15, 0.2) is 5.13 Å². The van der Waals surface area contributed by atoms with Crippen LogP contribution < -0.4 is 10.2 Å². The lowest BCUT2D eigenvalue weighted by molar-refractivity contribution is 0.680. The molecule has 1 aromatic rings. The highest BCUT2D eigenvalue weighted by Crippen LogP contribution is 2.34. The number of thiazole rings is 1. The van der Waals surface area contributed by atoms with E-state index in [0.29, 0.717) is 12.0 Å². The molecular formula is C15H25N3S. The number of anilines is 1. The highest BCUT2D eigenvalue weighted by Gasteiger charge is 2.26. The van der Waals surface area contributed by atoms with E-state index in [1.807, 2.05) is 11.3 Å². The van der Waals surface area contributed by atoms with Crippen LogP contribution in [0.5, 0.6) is 0 Å². The number of rotatable bonds is 5. The fourth-order valence-corrected chi connectivity index (χ4v) is 4.09. The van der Waals surface area contributed by atoms with E-state index in [-0.39, 0.29) is 0 Å². The molecule has 3 rings (SSSR count). The molecule has 1 aromatic heterocycles. The summed E-state index contributed by atoms with van der Waals surface area (Å²) in [6.07, 6.45) is 5.33. The Morgan fingerprint density at radius 3 is 2.74 bits per heavy atom. The molecule has 1 saturated carbocycles. The third kappa shape index (κ3) is 2.95. The van der Waals surface area contributed by atoms with Gasteiger partial charge in [-0.3, -0.25) is 0 Å². The van der Waals surface area contributed by atoms with Gasteiger partial charge in [0.1, 0.15) is 0 Å². The molecular weight excluding hydrogens is 254 g/mol. The minimum absolute atomic E-state index is 0.527. The van der Waals surface area contributed by atoms with Crippen LogP contribution in [0.4, 0.5) is 5.13 Å². The Morgan fingerprint density at radius 1 is 1.37 bits per heavy atom. The van der Waals surface area contributed by atoms with Crippen LogP contribution in [0.25, 0.3) is 0 Å². The topological polar surface area (TPSA) is 28.2 Å². The normalized spacial score (nSPS) is 23.6. The molecule has 1 unspecified atom stereocenters. The lowest BCUT2D eigenvalue weighted by Gasteiger charge is -2.19. The largest absolute Gasteiger partial charge is 0.345 e. The second kappa shape index (κ2) is 5.41. The van der Waals surface area contributed by atoms with Crippen molar-refractivity contribution in [1.82, 2.24) is 10.3 Å². The molecule has 2 fully saturated rings. The molecule has 0 amide bonds. The van der Waals surface area contributed by atoms with Crippen LogP contribution in [0.15, 0.2) is 0 Å². The lowest BCUT2D eigenvalue weighted by Crippen LogP contribution is -2.26. The first kappa shape index (κ1) is 13.4. The van der Waals surface area contributed by atoms with E-state index >= 15 is 0 Å². The van der Waals surface area contributed by atoms with Gasteiger partial charge in [0.05, 0.1) is 5.69 Å². The summed E-state index contributed by atoms with van der Waals surface area (Å²) in [6, 6.07) is 1.44. The van der Waals surface area contributed by atoms with E-state index in [2.05, 4.69) is 31.0 Å². The van der Waals surface area contributed by atoms with Crippen molar-refractivity contribution in [2.75, 3.05) is 11.4 Å². The second-order valence-corrected chi connectivity index (χ2v) is 7.36. The maximum absolute atomic E-state index is 4.94. The number of nitrogens with zero attached hydrogens (tertiary/aromatic N) is 2. The van der Waals surface area contributed by atoms with Gasteiger partial charge in [0, 0.05) is 30.1 Å². The smallest absolute Gasteiger partial charge is 0.186 e. The van der Waals surface area contributed by atoms with Crippen LogP contribution in [-0.2, 0) is 6.54 Å². The van der Waals surface area contributed by atoms with Crippen molar-refractivity contribution in [2.45, 2.75) is 71.0 Å². The minimum Gasteiger partial charge on any atom is -0.345 e. The summed E-state index contributed by atoms with van der Waals surface area (Å²) >= 11 is 1.91. The zero-order chi connectivity index (χ0) is 13.4. The quantitative estimate of drug-likeness (QED) is 0.894. The molecule has 19 heavy (non-hydrogen) atoms. The molecule has 3 nitrogen and oxygen atoms in total. The zero-order valence-corrected chi connectivity index (χ0v) is 13.1. The molecule has 2 heterocycles. The predicted molar refractivity (Wildman–Crippen MR) is 82.1 cm³/mol. The van der Waals surface area contributed by atoms with E-state index < -0.39 is 0 Å². The molecule has 1 aliphatic carbocycles. The van der Waals surface area contributed by atoms with Crippen LogP contribution in [0, 0.1) is 0 Å². The summed E-state index contributed by atoms with van der Waals surface area (Å²) in [5, 5.41) is 4.89.